The highest BCUT2D eigenvalue weighted by Crippen LogP contribution is 2.20. The molecule has 1 aromatic heterocycles. The molecule has 1 N–H and O–H groups in total. The largest absolute Gasteiger partial charge is 0.333 e. The normalized spacial score (nSPS) is 22.3. The molecule has 3 nitrogen and oxygen atoms in total. The smallest absolute Gasteiger partial charge is 0.318 e. The summed E-state index contributed by atoms with van der Waals surface area (Å²) in [6.45, 7) is 6.43. The number of carbonyl (C=O) groups is 1. The molecule has 2 heterocycles. The van der Waals surface area contributed by atoms with Gasteiger partial charge in [0.1, 0.15) is 0 Å². The molecule has 1 aliphatic heterocycles. The molecule has 102 valence electrons. The number of hydrogen-bond acceptors (Lipinski definition) is 2. The van der Waals surface area contributed by atoms with Gasteiger partial charge in [-0.3, -0.25) is 0 Å². The van der Waals surface area contributed by atoms with E-state index in [1.807, 2.05) is 28.5 Å². The molecule has 4 heteroatoms. The summed E-state index contributed by atoms with van der Waals surface area (Å²) < 4.78 is 0. The first-order valence-corrected chi connectivity index (χ1v) is 7.46. The first-order chi connectivity index (χ1) is 9.22. The van der Waals surface area contributed by atoms with Crippen LogP contribution >= 0.6 is 11.3 Å². The minimum absolute atomic E-state index is 0.0112. The van der Waals surface area contributed by atoms with Crippen LogP contribution in [0.2, 0.25) is 0 Å². The molecule has 2 rings (SSSR count). The lowest BCUT2D eigenvalue weighted by Crippen LogP contribution is -2.51. The van der Waals surface area contributed by atoms with Crippen LogP contribution in [0.1, 0.15) is 24.6 Å². The van der Waals surface area contributed by atoms with Crippen molar-refractivity contribution < 1.29 is 4.79 Å². The van der Waals surface area contributed by atoms with Crippen LogP contribution in [0.15, 0.2) is 42.3 Å². The van der Waals surface area contributed by atoms with Crippen LogP contribution in [0.3, 0.4) is 0 Å². The fraction of sp³-hybridized carbons (Fsp3) is 0.400. The molecule has 0 fully saturated rings. The fourth-order valence-electron chi connectivity index (χ4n) is 2.39. The van der Waals surface area contributed by atoms with Gasteiger partial charge in [-0.1, -0.05) is 24.3 Å². The SMILES string of the molecule is C=CC[C@@H]1CC=C[C@@H](C)N1C(=O)NCc1cccs1. The predicted molar refractivity (Wildman–Crippen MR) is 80.2 cm³/mol. The van der Waals surface area contributed by atoms with Crippen molar-refractivity contribution in [2.24, 2.45) is 0 Å². The van der Waals surface area contributed by atoms with Gasteiger partial charge in [-0.15, -0.1) is 17.9 Å². The molecule has 19 heavy (non-hydrogen) atoms. The molecule has 2 amide bonds. The third-order valence-corrected chi connectivity index (χ3v) is 4.20. The molecule has 0 saturated carbocycles. The predicted octanol–water partition coefficient (Wildman–Crippen LogP) is 3.55. The second kappa shape index (κ2) is 6.57. The monoisotopic (exact) mass is 276 g/mol. The summed E-state index contributed by atoms with van der Waals surface area (Å²) in [5, 5.41) is 5.02. The van der Waals surface area contributed by atoms with Gasteiger partial charge in [-0.25, -0.2) is 4.79 Å². The summed E-state index contributed by atoms with van der Waals surface area (Å²) in [5.74, 6) is 0. The van der Waals surface area contributed by atoms with E-state index < -0.39 is 0 Å². The van der Waals surface area contributed by atoms with E-state index >= 15 is 0 Å². The zero-order valence-electron chi connectivity index (χ0n) is 11.2. The number of hydrogen-bond donors (Lipinski definition) is 1. The Balaban J connectivity index is 1.98. The van der Waals surface area contributed by atoms with Gasteiger partial charge in [0.2, 0.25) is 0 Å². The van der Waals surface area contributed by atoms with Crippen molar-refractivity contribution in [1.29, 1.82) is 0 Å². The number of nitrogens with one attached hydrogen (secondary N) is 1. The summed E-state index contributed by atoms with van der Waals surface area (Å²) in [5.41, 5.74) is 0. The maximum Gasteiger partial charge on any atom is 0.318 e. The second-order valence-corrected chi connectivity index (χ2v) is 5.76. The van der Waals surface area contributed by atoms with Crippen molar-refractivity contribution in [3.05, 3.63) is 47.2 Å². The van der Waals surface area contributed by atoms with Crippen molar-refractivity contribution in [2.45, 2.75) is 38.4 Å². The highest BCUT2D eigenvalue weighted by molar-refractivity contribution is 7.09. The Morgan fingerprint density at radius 2 is 2.53 bits per heavy atom. The molecule has 0 aliphatic carbocycles. The molecule has 0 unspecified atom stereocenters. The Hall–Kier alpha value is -1.55. The number of thiophene rings is 1. The molecule has 0 spiro atoms. The summed E-state index contributed by atoms with van der Waals surface area (Å²) in [4.78, 5) is 15.4. The van der Waals surface area contributed by atoms with Crippen molar-refractivity contribution in [1.82, 2.24) is 10.2 Å². The summed E-state index contributed by atoms with van der Waals surface area (Å²) in [7, 11) is 0. The Morgan fingerprint density at radius 3 is 3.21 bits per heavy atom. The van der Waals surface area contributed by atoms with Gasteiger partial charge < -0.3 is 10.2 Å². The molecular formula is C15H20N2OS. The van der Waals surface area contributed by atoms with E-state index in [1.165, 1.54) is 4.88 Å². The fourth-order valence-corrected chi connectivity index (χ4v) is 3.04. The van der Waals surface area contributed by atoms with Crippen LogP contribution in [0, 0.1) is 0 Å². The molecule has 0 aromatic carbocycles. The molecule has 0 bridgehead atoms. The molecule has 0 radical (unpaired) electrons. The van der Waals surface area contributed by atoms with Crippen LogP contribution in [-0.2, 0) is 6.54 Å². The van der Waals surface area contributed by atoms with Crippen LogP contribution < -0.4 is 5.32 Å². The van der Waals surface area contributed by atoms with Crippen molar-refractivity contribution in [2.75, 3.05) is 0 Å². The summed E-state index contributed by atoms with van der Waals surface area (Å²) in [6, 6.07) is 4.41. The van der Waals surface area contributed by atoms with Gasteiger partial charge in [-0.05, 0) is 31.2 Å². The molecule has 2 atom stereocenters. The Kier molecular flexibility index (Phi) is 4.80. The minimum atomic E-state index is 0.0112. The molecule has 1 aromatic rings. The van der Waals surface area contributed by atoms with Gasteiger partial charge in [0.25, 0.3) is 0 Å². The van der Waals surface area contributed by atoms with Crippen molar-refractivity contribution >= 4 is 17.4 Å². The van der Waals surface area contributed by atoms with Gasteiger partial charge in [0.15, 0.2) is 0 Å². The third kappa shape index (κ3) is 3.47. The third-order valence-electron chi connectivity index (χ3n) is 3.32. The highest BCUT2D eigenvalue weighted by atomic mass is 32.1. The minimum Gasteiger partial charge on any atom is -0.333 e. The summed E-state index contributed by atoms with van der Waals surface area (Å²) >= 11 is 1.66. The van der Waals surface area contributed by atoms with E-state index in [1.54, 1.807) is 11.3 Å². The molecular weight excluding hydrogens is 256 g/mol. The van der Waals surface area contributed by atoms with Gasteiger partial charge in [0, 0.05) is 17.0 Å². The van der Waals surface area contributed by atoms with Crippen molar-refractivity contribution in [3.8, 4) is 0 Å². The zero-order chi connectivity index (χ0) is 13.7. The highest BCUT2D eigenvalue weighted by Gasteiger charge is 2.27. The Morgan fingerprint density at radius 1 is 1.68 bits per heavy atom. The van der Waals surface area contributed by atoms with Crippen LogP contribution in [-0.4, -0.2) is 23.0 Å². The molecule has 1 aliphatic rings. The van der Waals surface area contributed by atoms with Gasteiger partial charge in [-0.2, -0.15) is 0 Å². The standard InChI is InChI=1S/C15H20N2OS/c1-3-6-13-8-4-7-12(2)17(13)15(18)16-11-14-9-5-10-19-14/h3-5,7,9-10,12-13H,1,6,8,11H2,2H3,(H,16,18)/t12-,13-/m1/s1. The Labute approximate surface area is 118 Å². The summed E-state index contributed by atoms with van der Waals surface area (Å²) in [6.07, 6.45) is 7.87. The van der Waals surface area contributed by atoms with E-state index in [4.69, 9.17) is 0 Å². The lowest BCUT2D eigenvalue weighted by atomic mass is 10.0. The van der Waals surface area contributed by atoms with E-state index in [0.717, 1.165) is 12.8 Å². The van der Waals surface area contributed by atoms with Gasteiger partial charge in [0.05, 0.1) is 6.54 Å². The van der Waals surface area contributed by atoms with Crippen LogP contribution in [0.4, 0.5) is 4.79 Å². The number of amides is 2. The first-order valence-electron chi connectivity index (χ1n) is 6.58. The number of urea groups is 1. The number of carbonyl (C=O) groups excluding carboxylic acids is 1. The topological polar surface area (TPSA) is 32.3 Å². The lowest BCUT2D eigenvalue weighted by molar-refractivity contribution is 0.157. The zero-order valence-corrected chi connectivity index (χ0v) is 12.0. The number of rotatable bonds is 4. The average Bonchev–Trinajstić information content (AvgIpc) is 2.90. The first kappa shape index (κ1) is 13.9. The van der Waals surface area contributed by atoms with Crippen LogP contribution in [0.25, 0.3) is 0 Å². The number of nitrogens with zero attached hydrogens (tertiary/aromatic N) is 1. The lowest BCUT2D eigenvalue weighted by Gasteiger charge is -2.37. The molecule has 0 saturated heterocycles. The van der Waals surface area contributed by atoms with E-state index in [0.29, 0.717) is 6.54 Å². The average molecular weight is 276 g/mol. The van der Waals surface area contributed by atoms with Crippen LogP contribution in [0.5, 0.6) is 0 Å². The van der Waals surface area contributed by atoms with E-state index in [2.05, 4.69) is 31.0 Å². The quantitative estimate of drug-likeness (QED) is 0.838. The van der Waals surface area contributed by atoms with Crippen molar-refractivity contribution in [3.63, 3.8) is 0 Å². The van der Waals surface area contributed by atoms with E-state index in [9.17, 15) is 4.79 Å². The second-order valence-electron chi connectivity index (χ2n) is 4.73. The maximum absolute atomic E-state index is 12.3. The van der Waals surface area contributed by atoms with Gasteiger partial charge >= 0.3 is 6.03 Å². The van der Waals surface area contributed by atoms with E-state index in [-0.39, 0.29) is 18.1 Å². The maximum atomic E-state index is 12.3. The Bertz CT molecular complexity index is 453.